The molecule has 0 unspecified atom stereocenters. The van der Waals surface area contributed by atoms with E-state index in [-0.39, 0.29) is 18.4 Å². The number of likely N-dealkylation sites (tertiary alicyclic amines) is 1. The molecule has 0 bridgehead atoms. The summed E-state index contributed by atoms with van der Waals surface area (Å²) >= 11 is 0. The summed E-state index contributed by atoms with van der Waals surface area (Å²) in [6, 6.07) is 1.71. The number of rotatable bonds is 5. The van der Waals surface area contributed by atoms with Crippen molar-refractivity contribution in [2.45, 2.75) is 38.1 Å². The van der Waals surface area contributed by atoms with Gasteiger partial charge in [-0.15, -0.1) is 0 Å². The van der Waals surface area contributed by atoms with E-state index in [0.717, 1.165) is 18.4 Å². The van der Waals surface area contributed by atoms with Crippen LogP contribution in [-0.4, -0.2) is 34.5 Å². The van der Waals surface area contributed by atoms with Crippen LogP contribution in [-0.2, 0) is 16.0 Å². The smallest absolute Gasteiger partial charge is 0.305 e. The van der Waals surface area contributed by atoms with Crippen molar-refractivity contribution in [1.82, 2.24) is 4.90 Å². The summed E-state index contributed by atoms with van der Waals surface area (Å²) in [6.07, 6.45) is 6.02. The monoisotopic (exact) mass is 251 g/mol. The van der Waals surface area contributed by atoms with Gasteiger partial charge in [0.05, 0.1) is 18.9 Å². The van der Waals surface area contributed by atoms with E-state index in [1.807, 2.05) is 6.07 Å². The predicted molar refractivity (Wildman–Crippen MR) is 64.0 cm³/mol. The highest BCUT2D eigenvalue weighted by atomic mass is 16.4. The van der Waals surface area contributed by atoms with E-state index in [2.05, 4.69) is 0 Å². The molecule has 2 heterocycles. The molecule has 18 heavy (non-hydrogen) atoms. The van der Waals surface area contributed by atoms with Crippen molar-refractivity contribution in [2.75, 3.05) is 6.54 Å². The third-order valence-corrected chi connectivity index (χ3v) is 3.32. The van der Waals surface area contributed by atoms with Crippen LogP contribution >= 0.6 is 0 Å². The lowest BCUT2D eigenvalue weighted by Gasteiger charge is -2.23. The van der Waals surface area contributed by atoms with Gasteiger partial charge < -0.3 is 14.4 Å². The molecule has 5 heteroatoms. The zero-order valence-corrected chi connectivity index (χ0v) is 10.2. The van der Waals surface area contributed by atoms with Gasteiger partial charge in [-0.05, 0) is 30.9 Å². The second kappa shape index (κ2) is 5.71. The second-order valence-corrected chi connectivity index (χ2v) is 4.61. The van der Waals surface area contributed by atoms with Gasteiger partial charge in [-0.25, -0.2) is 0 Å². The van der Waals surface area contributed by atoms with Crippen molar-refractivity contribution in [1.29, 1.82) is 0 Å². The molecule has 0 aliphatic carbocycles. The predicted octanol–water partition coefficient (Wildman–Crippen LogP) is 1.68. The summed E-state index contributed by atoms with van der Waals surface area (Å²) in [5.74, 6) is -0.797. The molecular weight excluding hydrogens is 234 g/mol. The lowest BCUT2D eigenvalue weighted by molar-refractivity contribution is -0.139. The average molecular weight is 251 g/mol. The molecule has 1 aromatic rings. The van der Waals surface area contributed by atoms with E-state index in [0.29, 0.717) is 19.4 Å². The van der Waals surface area contributed by atoms with Gasteiger partial charge in [0.15, 0.2) is 0 Å². The molecule has 1 atom stereocenters. The Labute approximate surface area is 105 Å². The zero-order chi connectivity index (χ0) is 13.0. The molecule has 1 fully saturated rings. The Morgan fingerprint density at radius 2 is 2.33 bits per heavy atom. The lowest BCUT2D eigenvalue weighted by Crippen LogP contribution is -2.36. The molecule has 1 aliphatic heterocycles. The number of aliphatic carboxylic acids is 1. The summed E-state index contributed by atoms with van der Waals surface area (Å²) in [6.45, 7) is 0.683. The third kappa shape index (κ3) is 3.12. The number of hydrogen-bond acceptors (Lipinski definition) is 3. The van der Waals surface area contributed by atoms with Crippen LogP contribution in [0.3, 0.4) is 0 Å². The fourth-order valence-corrected chi connectivity index (χ4v) is 2.41. The Morgan fingerprint density at radius 1 is 1.50 bits per heavy atom. The van der Waals surface area contributed by atoms with Gasteiger partial charge in [-0.2, -0.15) is 0 Å². The average Bonchev–Trinajstić information content (AvgIpc) is 2.95. The van der Waals surface area contributed by atoms with Gasteiger partial charge >= 0.3 is 5.97 Å². The van der Waals surface area contributed by atoms with Gasteiger partial charge in [0.25, 0.3) is 0 Å². The normalized spacial score (nSPS) is 19.1. The number of carboxylic acids is 1. The molecule has 1 amide bonds. The molecular formula is C13H17NO4. The first-order valence-electron chi connectivity index (χ1n) is 6.19. The topological polar surface area (TPSA) is 70.8 Å². The Kier molecular flexibility index (Phi) is 4.02. The van der Waals surface area contributed by atoms with Crippen molar-refractivity contribution in [2.24, 2.45) is 0 Å². The van der Waals surface area contributed by atoms with E-state index in [1.165, 1.54) is 0 Å². The van der Waals surface area contributed by atoms with E-state index < -0.39 is 5.97 Å². The molecule has 1 aromatic heterocycles. The Balaban J connectivity index is 1.85. The van der Waals surface area contributed by atoms with Gasteiger partial charge in [0, 0.05) is 19.0 Å². The number of carbonyl (C=O) groups excluding carboxylic acids is 1. The van der Waals surface area contributed by atoms with Gasteiger partial charge in [0.1, 0.15) is 0 Å². The van der Waals surface area contributed by atoms with Crippen molar-refractivity contribution < 1.29 is 19.1 Å². The van der Waals surface area contributed by atoms with Crippen LogP contribution in [0.15, 0.2) is 23.0 Å². The van der Waals surface area contributed by atoms with E-state index in [9.17, 15) is 9.59 Å². The Hall–Kier alpha value is -1.78. The number of furan rings is 1. The standard InChI is InChI=1S/C13H17NO4/c15-12(4-3-10-5-7-18-9-10)14-6-1-2-11(14)8-13(16)17/h5,7,9,11H,1-4,6,8H2,(H,16,17)/t11-/m1/s1. The molecule has 2 rings (SSSR count). The number of amides is 1. The largest absolute Gasteiger partial charge is 0.481 e. The van der Waals surface area contributed by atoms with Crippen LogP contribution in [0.2, 0.25) is 0 Å². The molecule has 1 saturated heterocycles. The molecule has 1 N–H and O–H groups in total. The maximum atomic E-state index is 12.0. The highest BCUT2D eigenvalue weighted by Gasteiger charge is 2.29. The molecule has 5 nitrogen and oxygen atoms in total. The first-order valence-corrected chi connectivity index (χ1v) is 6.19. The van der Waals surface area contributed by atoms with Crippen LogP contribution in [0.1, 0.15) is 31.2 Å². The van der Waals surface area contributed by atoms with Gasteiger partial charge in [-0.1, -0.05) is 0 Å². The van der Waals surface area contributed by atoms with Crippen LogP contribution in [0.5, 0.6) is 0 Å². The minimum atomic E-state index is -0.838. The molecule has 0 spiro atoms. The lowest BCUT2D eigenvalue weighted by atomic mass is 10.1. The van der Waals surface area contributed by atoms with Gasteiger partial charge in [-0.3, -0.25) is 9.59 Å². The molecule has 0 saturated carbocycles. The molecule has 0 radical (unpaired) electrons. The number of nitrogens with zero attached hydrogens (tertiary/aromatic N) is 1. The molecule has 1 aliphatic rings. The first kappa shape index (κ1) is 12.7. The van der Waals surface area contributed by atoms with Crippen LogP contribution < -0.4 is 0 Å². The first-order chi connectivity index (χ1) is 8.66. The highest BCUT2D eigenvalue weighted by molar-refractivity contribution is 5.78. The SMILES string of the molecule is O=C(O)C[C@H]1CCCN1C(=O)CCc1ccoc1. The maximum absolute atomic E-state index is 12.0. The van der Waals surface area contributed by atoms with Crippen molar-refractivity contribution >= 4 is 11.9 Å². The van der Waals surface area contributed by atoms with E-state index in [1.54, 1.807) is 17.4 Å². The number of aryl methyl sites for hydroxylation is 1. The summed E-state index contributed by atoms with van der Waals surface area (Å²) in [5.41, 5.74) is 0.998. The van der Waals surface area contributed by atoms with Crippen molar-refractivity contribution in [3.63, 3.8) is 0 Å². The zero-order valence-electron chi connectivity index (χ0n) is 10.2. The number of hydrogen-bond donors (Lipinski definition) is 1. The minimum Gasteiger partial charge on any atom is -0.481 e. The number of carbonyl (C=O) groups is 2. The van der Waals surface area contributed by atoms with Crippen LogP contribution in [0, 0.1) is 0 Å². The quantitative estimate of drug-likeness (QED) is 0.864. The highest BCUT2D eigenvalue weighted by Crippen LogP contribution is 2.21. The Morgan fingerprint density at radius 3 is 3.00 bits per heavy atom. The summed E-state index contributed by atoms with van der Waals surface area (Å²) in [4.78, 5) is 24.5. The van der Waals surface area contributed by atoms with Crippen molar-refractivity contribution in [3.8, 4) is 0 Å². The van der Waals surface area contributed by atoms with Gasteiger partial charge in [0.2, 0.25) is 5.91 Å². The second-order valence-electron chi connectivity index (χ2n) is 4.61. The van der Waals surface area contributed by atoms with Crippen LogP contribution in [0.25, 0.3) is 0 Å². The van der Waals surface area contributed by atoms with Crippen molar-refractivity contribution in [3.05, 3.63) is 24.2 Å². The maximum Gasteiger partial charge on any atom is 0.305 e. The minimum absolute atomic E-state index is 0.0416. The number of carboxylic acid groups (broad SMARTS) is 1. The molecule has 0 aromatic carbocycles. The van der Waals surface area contributed by atoms with E-state index in [4.69, 9.17) is 9.52 Å². The van der Waals surface area contributed by atoms with E-state index >= 15 is 0 Å². The summed E-state index contributed by atoms with van der Waals surface area (Å²) in [7, 11) is 0. The van der Waals surface area contributed by atoms with Crippen LogP contribution in [0.4, 0.5) is 0 Å². The fraction of sp³-hybridized carbons (Fsp3) is 0.538. The Bertz CT molecular complexity index is 413. The summed E-state index contributed by atoms with van der Waals surface area (Å²) < 4.78 is 4.94. The summed E-state index contributed by atoms with van der Waals surface area (Å²) in [5, 5.41) is 8.80. The third-order valence-electron chi connectivity index (χ3n) is 3.32. The fourth-order valence-electron chi connectivity index (χ4n) is 2.41. The molecule has 98 valence electrons.